The summed E-state index contributed by atoms with van der Waals surface area (Å²) in [5.41, 5.74) is 0. The lowest BCUT2D eigenvalue weighted by molar-refractivity contribution is -0.128. The van der Waals surface area contributed by atoms with Gasteiger partial charge < -0.3 is 14.5 Å². The van der Waals surface area contributed by atoms with Crippen LogP contribution in [0.2, 0.25) is 0 Å². The molecule has 8 heteroatoms. The molecule has 0 spiro atoms. The number of furan rings is 1. The summed E-state index contributed by atoms with van der Waals surface area (Å²) < 4.78 is 10.2. The zero-order valence-electron chi connectivity index (χ0n) is 16.6. The topological polar surface area (TPSA) is 84.1 Å². The number of ketones is 1. The van der Waals surface area contributed by atoms with Gasteiger partial charge in [0, 0.05) is 32.2 Å². The lowest BCUT2D eigenvalue weighted by atomic mass is 9.83. The third-order valence-corrected chi connectivity index (χ3v) is 6.98. The van der Waals surface area contributed by atoms with Crippen molar-refractivity contribution in [2.45, 2.75) is 37.0 Å². The highest BCUT2D eigenvalue weighted by molar-refractivity contribution is 8.16. The smallest absolute Gasteiger partial charge is 0.240 e. The summed E-state index contributed by atoms with van der Waals surface area (Å²) in [5, 5.41) is 3.41. The molecule has 1 amide bonds. The Bertz CT molecular complexity index is 801. The van der Waals surface area contributed by atoms with E-state index < -0.39 is 10.8 Å². The van der Waals surface area contributed by atoms with E-state index in [4.69, 9.17) is 14.1 Å². The zero-order chi connectivity index (χ0) is 20.3. The largest absolute Gasteiger partial charge is 0.467 e. The number of hydrogen-bond donors (Lipinski definition) is 1. The van der Waals surface area contributed by atoms with Crippen molar-refractivity contribution >= 4 is 28.6 Å². The summed E-state index contributed by atoms with van der Waals surface area (Å²) in [6.45, 7) is 5.11. The van der Waals surface area contributed by atoms with Crippen LogP contribution in [0.4, 0.5) is 0 Å². The number of nitrogens with zero attached hydrogens (tertiary/aromatic N) is 2. The standard InChI is InChI=1S/C21H27N3O4S/c1-21(19(26)15-7-12-27-13-8-15)18(16-6-5-11-28-16)23-20(29-21)22-17(25)14-24-9-3-2-4-10-24/h2-3,5-6,11,15,18H,4,7-10,12-14H2,1H3,(H,22,23,25). The maximum absolute atomic E-state index is 13.5. The molecule has 3 aliphatic heterocycles. The van der Waals surface area contributed by atoms with Crippen molar-refractivity contribution in [2.75, 3.05) is 32.8 Å². The van der Waals surface area contributed by atoms with Gasteiger partial charge in [0.05, 0.1) is 12.8 Å². The molecule has 1 saturated heterocycles. The molecule has 4 rings (SSSR count). The fourth-order valence-electron chi connectivity index (χ4n) is 4.11. The fourth-order valence-corrected chi connectivity index (χ4v) is 5.38. The number of ether oxygens (including phenoxy) is 1. The quantitative estimate of drug-likeness (QED) is 0.742. The van der Waals surface area contributed by atoms with E-state index >= 15 is 0 Å². The molecule has 0 aromatic carbocycles. The molecule has 0 radical (unpaired) electrons. The van der Waals surface area contributed by atoms with Gasteiger partial charge in [-0.05, 0) is 38.3 Å². The highest BCUT2D eigenvalue weighted by Crippen LogP contribution is 2.49. The molecule has 3 aliphatic rings. The number of aliphatic imine (C=N–C) groups is 1. The molecular formula is C21H27N3O4S. The first-order valence-corrected chi connectivity index (χ1v) is 11.0. The molecular weight excluding hydrogens is 390 g/mol. The van der Waals surface area contributed by atoms with E-state index in [2.05, 4.69) is 22.4 Å². The second-order valence-electron chi connectivity index (χ2n) is 7.86. The molecule has 29 heavy (non-hydrogen) atoms. The van der Waals surface area contributed by atoms with Crippen LogP contribution in [-0.2, 0) is 14.3 Å². The number of amides is 1. The Balaban J connectivity index is 1.48. The van der Waals surface area contributed by atoms with Gasteiger partial charge in [0.2, 0.25) is 5.91 Å². The number of carbonyl (C=O) groups is 2. The van der Waals surface area contributed by atoms with E-state index in [1.165, 1.54) is 11.8 Å². The van der Waals surface area contributed by atoms with Crippen molar-refractivity contribution in [1.29, 1.82) is 0 Å². The van der Waals surface area contributed by atoms with Crippen LogP contribution >= 0.6 is 11.8 Å². The number of thioether (sulfide) groups is 1. The summed E-state index contributed by atoms with van der Waals surface area (Å²) >= 11 is 1.35. The molecule has 2 atom stereocenters. The van der Waals surface area contributed by atoms with E-state index in [0.29, 0.717) is 30.7 Å². The van der Waals surface area contributed by atoms with Crippen LogP contribution in [0.25, 0.3) is 0 Å². The second-order valence-corrected chi connectivity index (χ2v) is 9.29. The maximum Gasteiger partial charge on any atom is 0.240 e. The van der Waals surface area contributed by atoms with Crippen LogP contribution < -0.4 is 5.32 Å². The van der Waals surface area contributed by atoms with E-state index in [1.807, 2.05) is 13.0 Å². The van der Waals surface area contributed by atoms with Crippen LogP contribution in [0.5, 0.6) is 0 Å². The number of hydrogen-bond acceptors (Lipinski definition) is 7. The van der Waals surface area contributed by atoms with Gasteiger partial charge in [-0.1, -0.05) is 23.9 Å². The van der Waals surface area contributed by atoms with Crippen LogP contribution in [0.1, 0.15) is 38.0 Å². The summed E-state index contributed by atoms with van der Waals surface area (Å²) in [6, 6.07) is 3.19. The number of nitrogens with one attached hydrogen (secondary N) is 1. The monoisotopic (exact) mass is 417 g/mol. The van der Waals surface area contributed by atoms with Crippen LogP contribution in [0.15, 0.2) is 40.0 Å². The summed E-state index contributed by atoms with van der Waals surface area (Å²) in [5.74, 6) is 0.642. The lowest BCUT2D eigenvalue weighted by Gasteiger charge is -2.32. The van der Waals surface area contributed by atoms with Crippen molar-refractivity contribution in [1.82, 2.24) is 10.2 Å². The van der Waals surface area contributed by atoms with E-state index in [-0.39, 0.29) is 17.6 Å². The van der Waals surface area contributed by atoms with Crippen molar-refractivity contribution in [3.63, 3.8) is 0 Å². The zero-order valence-corrected chi connectivity index (χ0v) is 17.5. The Kier molecular flexibility index (Phi) is 6.22. The Morgan fingerprint density at radius 3 is 2.86 bits per heavy atom. The number of carbonyl (C=O) groups excluding carboxylic acids is 2. The minimum atomic E-state index is -0.809. The van der Waals surface area contributed by atoms with Gasteiger partial charge in [-0.25, -0.2) is 4.99 Å². The molecule has 2 unspecified atom stereocenters. The summed E-state index contributed by atoms with van der Waals surface area (Å²) in [7, 11) is 0. The first-order valence-electron chi connectivity index (χ1n) is 10.2. The van der Waals surface area contributed by atoms with Gasteiger partial charge in [0.15, 0.2) is 11.0 Å². The average molecular weight is 418 g/mol. The normalized spacial score (nSPS) is 28.3. The molecule has 1 fully saturated rings. The molecule has 1 aromatic heterocycles. The van der Waals surface area contributed by atoms with Gasteiger partial charge in [0.1, 0.15) is 16.5 Å². The molecule has 0 aliphatic carbocycles. The van der Waals surface area contributed by atoms with Crippen molar-refractivity contribution in [2.24, 2.45) is 10.9 Å². The lowest BCUT2D eigenvalue weighted by Crippen LogP contribution is -2.43. The van der Waals surface area contributed by atoms with E-state index in [0.717, 1.165) is 32.4 Å². The summed E-state index contributed by atoms with van der Waals surface area (Å²) in [6.07, 6.45) is 8.21. The van der Waals surface area contributed by atoms with Crippen LogP contribution in [-0.4, -0.2) is 59.4 Å². The predicted octanol–water partition coefficient (Wildman–Crippen LogP) is 2.56. The Morgan fingerprint density at radius 1 is 1.34 bits per heavy atom. The van der Waals surface area contributed by atoms with Gasteiger partial charge in [0.25, 0.3) is 0 Å². The molecule has 1 N–H and O–H groups in total. The Hall–Kier alpha value is -1.90. The SMILES string of the molecule is CC1(C(=O)C2CCOCC2)SC(NC(=O)CN2CC=CCC2)=NC1c1ccco1. The van der Waals surface area contributed by atoms with Crippen molar-refractivity contribution in [3.05, 3.63) is 36.3 Å². The number of Topliss-reactive ketones (excluding diaryl/α,β-unsaturated/α-hetero) is 1. The minimum absolute atomic E-state index is 0.0518. The van der Waals surface area contributed by atoms with E-state index in [1.54, 1.807) is 12.3 Å². The molecule has 4 heterocycles. The number of amidine groups is 1. The van der Waals surface area contributed by atoms with Crippen LogP contribution in [0.3, 0.4) is 0 Å². The molecule has 0 saturated carbocycles. The third kappa shape index (κ3) is 4.49. The minimum Gasteiger partial charge on any atom is -0.467 e. The fraction of sp³-hybridized carbons (Fsp3) is 0.571. The van der Waals surface area contributed by atoms with Gasteiger partial charge in [-0.2, -0.15) is 0 Å². The third-order valence-electron chi connectivity index (χ3n) is 5.73. The van der Waals surface area contributed by atoms with Crippen LogP contribution in [0, 0.1) is 5.92 Å². The Labute approximate surface area is 174 Å². The highest BCUT2D eigenvalue weighted by atomic mass is 32.2. The van der Waals surface area contributed by atoms with Crippen molar-refractivity contribution in [3.8, 4) is 0 Å². The molecule has 156 valence electrons. The second kappa shape index (κ2) is 8.85. The van der Waals surface area contributed by atoms with Gasteiger partial charge in [-0.15, -0.1) is 0 Å². The first-order chi connectivity index (χ1) is 14.1. The summed E-state index contributed by atoms with van der Waals surface area (Å²) in [4.78, 5) is 32.8. The average Bonchev–Trinajstić information content (AvgIpc) is 3.37. The molecule has 1 aromatic rings. The van der Waals surface area contributed by atoms with Gasteiger partial charge in [-0.3, -0.25) is 14.5 Å². The molecule has 0 bridgehead atoms. The maximum atomic E-state index is 13.5. The highest BCUT2D eigenvalue weighted by Gasteiger charge is 2.52. The molecule has 7 nitrogen and oxygen atoms in total. The predicted molar refractivity (Wildman–Crippen MR) is 112 cm³/mol. The van der Waals surface area contributed by atoms with E-state index in [9.17, 15) is 9.59 Å². The number of rotatable bonds is 5. The Morgan fingerprint density at radius 2 is 2.17 bits per heavy atom. The first kappa shape index (κ1) is 20.4. The van der Waals surface area contributed by atoms with Gasteiger partial charge >= 0.3 is 0 Å². The van der Waals surface area contributed by atoms with Crippen molar-refractivity contribution < 1.29 is 18.7 Å².